The number of halogens is 2. The predicted molar refractivity (Wildman–Crippen MR) is 97.9 cm³/mol. The number of hydrogen-bond donors (Lipinski definition) is 2. The van der Waals surface area contributed by atoms with Crippen LogP contribution in [0.15, 0.2) is 59.1 Å². The molecule has 3 rings (SSSR count). The van der Waals surface area contributed by atoms with E-state index < -0.39 is 0 Å². The van der Waals surface area contributed by atoms with E-state index in [0.29, 0.717) is 23.9 Å². The van der Waals surface area contributed by atoms with Crippen molar-refractivity contribution in [3.05, 3.63) is 76.1 Å². The van der Waals surface area contributed by atoms with Crippen LogP contribution in [0.5, 0.6) is 0 Å². The van der Waals surface area contributed by atoms with Crippen LogP contribution >= 0.6 is 15.9 Å². The molecule has 0 saturated heterocycles. The molecule has 0 amide bonds. The summed E-state index contributed by atoms with van der Waals surface area (Å²) in [7, 11) is 0. The molecule has 0 bridgehead atoms. The first-order chi connectivity index (χ1) is 11.6. The number of benzene rings is 2. The molecule has 0 aliphatic heterocycles. The van der Waals surface area contributed by atoms with Gasteiger partial charge in [-0.25, -0.2) is 9.37 Å². The van der Waals surface area contributed by atoms with Crippen LogP contribution < -0.4 is 10.6 Å². The molecule has 0 unspecified atom stereocenters. The lowest BCUT2D eigenvalue weighted by Gasteiger charge is -2.10. The second-order valence-corrected chi connectivity index (χ2v) is 6.21. The smallest absolute Gasteiger partial charge is 0.225 e. The number of aryl methyl sites for hydroxylation is 1. The second-order valence-electron chi connectivity index (χ2n) is 5.30. The maximum Gasteiger partial charge on any atom is 0.225 e. The van der Waals surface area contributed by atoms with Crippen molar-refractivity contribution >= 4 is 33.4 Å². The van der Waals surface area contributed by atoms with Gasteiger partial charge in [-0.05, 0) is 37.3 Å². The van der Waals surface area contributed by atoms with E-state index in [1.807, 2.05) is 37.3 Å². The molecular formula is C18H16BrFN4. The van der Waals surface area contributed by atoms with Crippen molar-refractivity contribution in [1.82, 2.24) is 9.97 Å². The molecule has 0 radical (unpaired) electrons. The third-order valence-corrected chi connectivity index (χ3v) is 3.89. The Morgan fingerprint density at radius 1 is 1.04 bits per heavy atom. The van der Waals surface area contributed by atoms with Gasteiger partial charge in [0.25, 0.3) is 0 Å². The third kappa shape index (κ3) is 4.29. The van der Waals surface area contributed by atoms with E-state index in [9.17, 15) is 4.39 Å². The lowest BCUT2D eigenvalue weighted by Crippen LogP contribution is -2.07. The Balaban J connectivity index is 1.74. The zero-order valence-electron chi connectivity index (χ0n) is 13.1. The molecule has 0 saturated carbocycles. The highest BCUT2D eigenvalue weighted by atomic mass is 79.9. The highest BCUT2D eigenvalue weighted by Gasteiger charge is 2.05. The van der Waals surface area contributed by atoms with E-state index in [-0.39, 0.29) is 5.82 Å². The molecule has 0 atom stereocenters. The fraction of sp³-hybridized carbons (Fsp3) is 0.111. The average molecular weight is 387 g/mol. The first kappa shape index (κ1) is 16.4. The molecule has 1 heterocycles. The van der Waals surface area contributed by atoms with Crippen LogP contribution in [-0.2, 0) is 6.54 Å². The number of nitrogens with zero attached hydrogens (tertiary/aromatic N) is 2. The Labute approximate surface area is 148 Å². The number of hydrogen-bond acceptors (Lipinski definition) is 4. The molecule has 3 aromatic rings. The van der Waals surface area contributed by atoms with Gasteiger partial charge in [-0.15, -0.1) is 0 Å². The van der Waals surface area contributed by atoms with Gasteiger partial charge in [0, 0.05) is 34.0 Å². The molecule has 0 spiro atoms. The number of rotatable bonds is 5. The summed E-state index contributed by atoms with van der Waals surface area (Å²) >= 11 is 3.41. The fourth-order valence-corrected chi connectivity index (χ4v) is 2.47. The van der Waals surface area contributed by atoms with Gasteiger partial charge in [0.1, 0.15) is 11.6 Å². The lowest BCUT2D eigenvalue weighted by molar-refractivity contribution is 0.612. The quantitative estimate of drug-likeness (QED) is 0.644. The number of aromatic nitrogens is 2. The topological polar surface area (TPSA) is 49.8 Å². The molecular weight excluding hydrogens is 371 g/mol. The molecule has 2 N–H and O–H groups in total. The van der Waals surface area contributed by atoms with Crippen molar-refractivity contribution in [3.8, 4) is 0 Å². The minimum Gasteiger partial charge on any atom is -0.350 e. The van der Waals surface area contributed by atoms with E-state index in [4.69, 9.17) is 0 Å². The highest BCUT2D eigenvalue weighted by molar-refractivity contribution is 9.10. The van der Waals surface area contributed by atoms with E-state index in [0.717, 1.165) is 15.9 Å². The van der Waals surface area contributed by atoms with Gasteiger partial charge < -0.3 is 10.6 Å². The maximum absolute atomic E-state index is 13.7. The normalized spacial score (nSPS) is 10.5. The van der Waals surface area contributed by atoms with Crippen LogP contribution in [0.25, 0.3) is 0 Å². The monoisotopic (exact) mass is 386 g/mol. The van der Waals surface area contributed by atoms with Crippen LogP contribution in [0, 0.1) is 12.7 Å². The Bertz CT molecular complexity index is 837. The Morgan fingerprint density at radius 2 is 1.79 bits per heavy atom. The van der Waals surface area contributed by atoms with Crippen LogP contribution in [0.3, 0.4) is 0 Å². The molecule has 0 aliphatic rings. The van der Waals surface area contributed by atoms with Gasteiger partial charge in [-0.1, -0.05) is 34.1 Å². The summed E-state index contributed by atoms with van der Waals surface area (Å²) in [5.74, 6) is 0.893. The van der Waals surface area contributed by atoms with Crippen molar-refractivity contribution in [2.75, 3.05) is 10.6 Å². The predicted octanol–water partition coefficient (Wildman–Crippen LogP) is 5.04. The number of nitrogens with one attached hydrogen (secondary N) is 2. The van der Waals surface area contributed by atoms with E-state index in [1.54, 1.807) is 18.2 Å². The van der Waals surface area contributed by atoms with Crippen molar-refractivity contribution < 1.29 is 4.39 Å². The molecule has 24 heavy (non-hydrogen) atoms. The van der Waals surface area contributed by atoms with Crippen molar-refractivity contribution in [1.29, 1.82) is 0 Å². The van der Waals surface area contributed by atoms with E-state index in [2.05, 4.69) is 36.5 Å². The van der Waals surface area contributed by atoms with Gasteiger partial charge in [0.15, 0.2) is 0 Å². The summed E-state index contributed by atoms with van der Waals surface area (Å²) in [6.45, 7) is 2.22. The van der Waals surface area contributed by atoms with Crippen molar-refractivity contribution in [2.24, 2.45) is 0 Å². The zero-order valence-corrected chi connectivity index (χ0v) is 14.6. The van der Waals surface area contributed by atoms with Crippen LogP contribution in [0.4, 0.5) is 21.8 Å². The molecule has 122 valence electrons. The molecule has 0 aliphatic carbocycles. The molecule has 2 aromatic carbocycles. The first-order valence-corrected chi connectivity index (χ1v) is 8.25. The molecule has 1 aromatic heterocycles. The summed E-state index contributed by atoms with van der Waals surface area (Å²) in [4.78, 5) is 8.77. The third-order valence-electron chi connectivity index (χ3n) is 3.37. The summed E-state index contributed by atoms with van der Waals surface area (Å²) in [5.41, 5.74) is 2.32. The van der Waals surface area contributed by atoms with Crippen LogP contribution in [-0.4, -0.2) is 9.97 Å². The first-order valence-electron chi connectivity index (χ1n) is 7.46. The van der Waals surface area contributed by atoms with E-state index >= 15 is 0 Å². The summed E-state index contributed by atoms with van der Waals surface area (Å²) < 4.78 is 14.7. The van der Waals surface area contributed by atoms with Crippen LogP contribution in [0.2, 0.25) is 0 Å². The molecule has 6 heteroatoms. The van der Waals surface area contributed by atoms with E-state index in [1.165, 1.54) is 6.07 Å². The van der Waals surface area contributed by atoms with Gasteiger partial charge >= 0.3 is 0 Å². The zero-order chi connectivity index (χ0) is 16.9. The van der Waals surface area contributed by atoms with Gasteiger partial charge in [0.05, 0.1) is 0 Å². The highest BCUT2D eigenvalue weighted by Crippen LogP contribution is 2.19. The summed E-state index contributed by atoms with van der Waals surface area (Å²) in [6.07, 6.45) is 0. The van der Waals surface area contributed by atoms with Crippen molar-refractivity contribution in [2.45, 2.75) is 13.5 Å². The standard InChI is InChI=1S/C18H16BrFN4/c1-12-10-17(23-15-8-6-14(19)7-9-15)24-18(22-12)21-11-13-4-2-3-5-16(13)20/h2-10H,11H2,1H3,(H2,21,22,23,24). The maximum atomic E-state index is 13.7. The lowest BCUT2D eigenvalue weighted by atomic mass is 10.2. The average Bonchev–Trinajstić information content (AvgIpc) is 2.56. The summed E-state index contributed by atoms with van der Waals surface area (Å²) in [6, 6.07) is 16.3. The minimum atomic E-state index is -0.245. The van der Waals surface area contributed by atoms with Gasteiger partial charge in [-0.3, -0.25) is 0 Å². The summed E-state index contributed by atoms with van der Waals surface area (Å²) in [5, 5.41) is 6.30. The Hall–Kier alpha value is -2.47. The largest absolute Gasteiger partial charge is 0.350 e. The van der Waals surface area contributed by atoms with Gasteiger partial charge in [0.2, 0.25) is 5.95 Å². The van der Waals surface area contributed by atoms with Gasteiger partial charge in [-0.2, -0.15) is 4.98 Å². The Kier molecular flexibility index (Phi) is 5.05. The molecule has 4 nitrogen and oxygen atoms in total. The minimum absolute atomic E-state index is 0.245. The Morgan fingerprint density at radius 3 is 2.54 bits per heavy atom. The van der Waals surface area contributed by atoms with Crippen LogP contribution in [0.1, 0.15) is 11.3 Å². The second kappa shape index (κ2) is 7.40. The number of anilines is 3. The molecule has 0 fully saturated rings. The van der Waals surface area contributed by atoms with Crippen molar-refractivity contribution in [3.63, 3.8) is 0 Å². The SMILES string of the molecule is Cc1cc(Nc2ccc(Br)cc2)nc(NCc2ccccc2F)n1. The fourth-order valence-electron chi connectivity index (χ4n) is 2.21.